The third-order valence-electron chi connectivity index (χ3n) is 6.88. The minimum atomic E-state index is -0.882. The number of rotatable bonds is 12. The monoisotopic (exact) mass is 528 g/mol. The topological polar surface area (TPSA) is 113 Å². The van der Waals surface area contributed by atoms with Gasteiger partial charge in [0.05, 0.1) is 11.7 Å². The van der Waals surface area contributed by atoms with Gasteiger partial charge in [-0.3, -0.25) is 9.59 Å². The number of carbonyl (C=O) groups excluding carboxylic acids is 2. The van der Waals surface area contributed by atoms with Gasteiger partial charge in [0.2, 0.25) is 5.91 Å². The second-order valence-corrected chi connectivity index (χ2v) is 10.1. The van der Waals surface area contributed by atoms with Crippen molar-refractivity contribution >= 4 is 17.4 Å². The molecule has 1 unspecified atom stereocenters. The highest BCUT2D eigenvalue weighted by molar-refractivity contribution is 6.00. The Hall–Kier alpha value is -4.04. The lowest BCUT2D eigenvalue weighted by atomic mass is 9.99. The molecule has 8 nitrogen and oxygen atoms in total. The molecule has 8 heteroatoms. The lowest BCUT2D eigenvalue weighted by Crippen LogP contribution is -2.48. The van der Waals surface area contributed by atoms with E-state index in [0.717, 1.165) is 47.3 Å². The highest BCUT2D eigenvalue weighted by atomic mass is 16.5. The Bertz CT molecular complexity index is 1320. The van der Waals surface area contributed by atoms with Gasteiger partial charge >= 0.3 is 0 Å². The average molecular weight is 529 g/mol. The van der Waals surface area contributed by atoms with Crippen LogP contribution in [0.25, 0.3) is 5.57 Å². The zero-order chi connectivity index (χ0) is 27.8. The predicted molar refractivity (Wildman–Crippen MR) is 150 cm³/mol. The predicted octanol–water partition coefficient (Wildman–Crippen LogP) is 5.49. The van der Waals surface area contributed by atoms with Gasteiger partial charge in [-0.1, -0.05) is 44.0 Å². The number of benzene rings is 2. The Morgan fingerprint density at radius 2 is 1.85 bits per heavy atom. The first-order chi connectivity index (χ1) is 18.8. The van der Waals surface area contributed by atoms with E-state index < -0.39 is 11.6 Å². The van der Waals surface area contributed by atoms with Gasteiger partial charge in [-0.25, -0.2) is 9.97 Å². The number of ether oxygens (including phenoxy) is 1. The lowest BCUT2D eigenvalue weighted by molar-refractivity contribution is -0.124. The number of hydrogen-bond donors (Lipinski definition) is 3. The van der Waals surface area contributed by atoms with Crippen molar-refractivity contribution in [2.75, 3.05) is 0 Å². The number of nitrogens with one attached hydrogen (secondary N) is 2. The summed E-state index contributed by atoms with van der Waals surface area (Å²) in [6.45, 7) is 6.33. The van der Waals surface area contributed by atoms with Crippen LogP contribution in [0.5, 0.6) is 11.5 Å². The zero-order valence-electron chi connectivity index (χ0n) is 22.7. The second-order valence-electron chi connectivity index (χ2n) is 10.1. The summed E-state index contributed by atoms with van der Waals surface area (Å²) in [5.41, 5.74) is 3.26. The minimum absolute atomic E-state index is 0.207. The first-order valence-corrected chi connectivity index (χ1v) is 13.4. The van der Waals surface area contributed by atoms with Crippen molar-refractivity contribution in [3.63, 3.8) is 0 Å². The van der Waals surface area contributed by atoms with Gasteiger partial charge in [-0.15, -0.1) is 0 Å². The fourth-order valence-electron chi connectivity index (χ4n) is 4.23. The maximum atomic E-state index is 12.8. The molecule has 2 aromatic carbocycles. The van der Waals surface area contributed by atoms with E-state index in [4.69, 9.17) is 4.74 Å². The summed E-state index contributed by atoms with van der Waals surface area (Å²) in [5, 5.41) is 15.8. The molecule has 4 rings (SSSR count). The van der Waals surface area contributed by atoms with Gasteiger partial charge in [-0.2, -0.15) is 0 Å². The smallest absolute Gasteiger partial charge is 0.255 e. The minimum Gasteiger partial charge on any atom is -0.457 e. The Balaban J connectivity index is 1.38. The lowest BCUT2D eigenvalue weighted by Gasteiger charge is -2.17. The van der Waals surface area contributed by atoms with Crippen LogP contribution in [0.15, 0.2) is 67.3 Å². The van der Waals surface area contributed by atoms with Gasteiger partial charge in [0.1, 0.15) is 23.4 Å². The molecule has 0 bridgehead atoms. The van der Waals surface area contributed by atoms with Crippen LogP contribution in [0.4, 0.5) is 0 Å². The molecule has 0 radical (unpaired) electrons. The molecule has 1 atom stereocenters. The van der Waals surface area contributed by atoms with E-state index in [-0.39, 0.29) is 11.8 Å². The maximum Gasteiger partial charge on any atom is 0.255 e. The van der Waals surface area contributed by atoms with Crippen LogP contribution in [0.2, 0.25) is 0 Å². The summed E-state index contributed by atoms with van der Waals surface area (Å²) in [5.74, 6) is 0.830. The molecule has 1 aliphatic rings. The number of carbonyl (C=O) groups is 2. The van der Waals surface area contributed by atoms with Crippen molar-refractivity contribution in [1.82, 2.24) is 20.6 Å². The molecule has 1 aliphatic carbocycles. The molecule has 0 aliphatic heterocycles. The van der Waals surface area contributed by atoms with Gasteiger partial charge in [0, 0.05) is 24.5 Å². The van der Waals surface area contributed by atoms with Crippen molar-refractivity contribution in [1.29, 1.82) is 0 Å². The summed E-state index contributed by atoms with van der Waals surface area (Å²) in [7, 11) is 0. The molecular formula is C31H36N4O4. The third-order valence-corrected chi connectivity index (χ3v) is 6.88. The molecule has 3 aromatic rings. The van der Waals surface area contributed by atoms with Crippen LogP contribution < -0.4 is 15.4 Å². The molecule has 39 heavy (non-hydrogen) atoms. The molecule has 0 spiro atoms. The number of aliphatic hydroxyl groups is 1. The van der Waals surface area contributed by atoms with Crippen LogP contribution in [0.3, 0.4) is 0 Å². The van der Waals surface area contributed by atoms with Gasteiger partial charge in [-0.05, 0) is 74.1 Å². The fraction of sp³-hybridized carbons (Fsp3) is 0.355. The highest BCUT2D eigenvalue weighted by Gasteiger charge is 2.51. The molecule has 1 heterocycles. The van der Waals surface area contributed by atoms with Crippen LogP contribution in [-0.2, 0) is 11.3 Å². The Morgan fingerprint density at radius 3 is 2.49 bits per heavy atom. The van der Waals surface area contributed by atoms with E-state index in [9.17, 15) is 14.7 Å². The Morgan fingerprint density at radius 1 is 1.13 bits per heavy atom. The summed E-state index contributed by atoms with van der Waals surface area (Å²) >= 11 is 0. The van der Waals surface area contributed by atoms with E-state index in [1.807, 2.05) is 42.5 Å². The SMILES string of the molecule is CCCC/C=C(\C)c1cc(C(C)O)ccc1Oc1ccc(CNC(=O)C2(NC(=O)c3cncnc3)CC2)cc1. The first kappa shape index (κ1) is 28.0. The Kier molecular flexibility index (Phi) is 9.09. The molecule has 1 fully saturated rings. The molecule has 1 saturated carbocycles. The average Bonchev–Trinajstić information content (AvgIpc) is 3.73. The molecule has 204 valence electrons. The standard InChI is InChI=1S/C31H36N4O4/c1-4-5-6-7-21(2)27-16-24(22(3)36)10-13-28(27)39-26-11-8-23(9-12-26)17-34-30(38)31(14-15-31)35-29(37)25-18-32-20-33-19-25/h7-13,16,18-20,22,36H,4-6,14-15,17H2,1-3H3,(H,34,38)(H,35,37)/b21-7+. The van der Waals surface area contributed by atoms with Crippen molar-refractivity contribution in [2.24, 2.45) is 0 Å². The highest BCUT2D eigenvalue weighted by Crippen LogP contribution is 2.36. The second kappa shape index (κ2) is 12.7. The summed E-state index contributed by atoms with van der Waals surface area (Å²) in [6.07, 6.45) is 10.3. The number of amides is 2. The fourth-order valence-corrected chi connectivity index (χ4v) is 4.23. The molecular weight excluding hydrogens is 492 g/mol. The Labute approximate surface area is 229 Å². The van der Waals surface area contributed by atoms with E-state index in [0.29, 0.717) is 30.7 Å². The maximum absolute atomic E-state index is 12.8. The largest absolute Gasteiger partial charge is 0.457 e. The van der Waals surface area contributed by atoms with Crippen LogP contribution in [-0.4, -0.2) is 32.4 Å². The van der Waals surface area contributed by atoms with Crippen molar-refractivity contribution in [3.8, 4) is 11.5 Å². The number of allylic oxidation sites excluding steroid dienone is 2. The zero-order valence-corrected chi connectivity index (χ0v) is 22.7. The van der Waals surface area contributed by atoms with Gasteiger partial charge in [0.15, 0.2) is 0 Å². The van der Waals surface area contributed by atoms with Crippen molar-refractivity contribution < 1.29 is 19.4 Å². The summed E-state index contributed by atoms with van der Waals surface area (Å²) < 4.78 is 6.23. The van der Waals surface area contributed by atoms with E-state index in [2.05, 4.69) is 40.5 Å². The van der Waals surface area contributed by atoms with Gasteiger partial charge < -0.3 is 20.5 Å². The van der Waals surface area contributed by atoms with E-state index >= 15 is 0 Å². The number of unbranched alkanes of at least 4 members (excludes halogenated alkanes) is 2. The first-order valence-electron chi connectivity index (χ1n) is 13.4. The number of aliphatic hydroxyl groups excluding tert-OH is 1. The van der Waals surface area contributed by atoms with Crippen LogP contribution in [0.1, 0.15) is 86.0 Å². The molecule has 0 saturated heterocycles. The molecule has 2 amide bonds. The van der Waals surface area contributed by atoms with Crippen LogP contribution >= 0.6 is 0 Å². The van der Waals surface area contributed by atoms with Gasteiger partial charge in [0.25, 0.3) is 5.91 Å². The normalized spacial score (nSPS) is 14.8. The van der Waals surface area contributed by atoms with Crippen molar-refractivity contribution in [2.45, 2.75) is 71.1 Å². The number of nitrogens with zero attached hydrogens (tertiary/aromatic N) is 2. The number of hydrogen-bond acceptors (Lipinski definition) is 6. The molecule has 3 N–H and O–H groups in total. The quantitative estimate of drug-likeness (QED) is 0.268. The van der Waals surface area contributed by atoms with E-state index in [1.54, 1.807) is 6.92 Å². The summed E-state index contributed by atoms with van der Waals surface area (Å²) in [4.78, 5) is 33.0. The number of aromatic nitrogens is 2. The third kappa shape index (κ3) is 7.29. The van der Waals surface area contributed by atoms with E-state index in [1.165, 1.54) is 18.7 Å². The van der Waals surface area contributed by atoms with Crippen LogP contribution in [0, 0.1) is 0 Å². The summed E-state index contributed by atoms with van der Waals surface area (Å²) in [6, 6.07) is 13.3. The molecule has 1 aromatic heterocycles. The van der Waals surface area contributed by atoms with Crippen molar-refractivity contribution in [3.05, 3.63) is 89.5 Å².